The van der Waals surface area contributed by atoms with Gasteiger partial charge >= 0.3 is 0 Å². The van der Waals surface area contributed by atoms with Gasteiger partial charge in [0, 0.05) is 43.2 Å². The fourth-order valence-electron chi connectivity index (χ4n) is 2.18. The summed E-state index contributed by atoms with van der Waals surface area (Å²) < 4.78 is 1.80. The van der Waals surface area contributed by atoms with E-state index in [2.05, 4.69) is 17.3 Å². The van der Waals surface area contributed by atoms with Gasteiger partial charge in [-0.05, 0) is 25.0 Å². The van der Waals surface area contributed by atoms with Crippen molar-refractivity contribution in [3.63, 3.8) is 0 Å². The van der Waals surface area contributed by atoms with Crippen molar-refractivity contribution < 1.29 is 4.92 Å². The maximum absolute atomic E-state index is 10.7. The third-order valence-corrected chi connectivity index (χ3v) is 3.22. The van der Waals surface area contributed by atoms with Crippen LogP contribution < -0.4 is 5.32 Å². The van der Waals surface area contributed by atoms with Crippen molar-refractivity contribution in [2.75, 3.05) is 5.32 Å². The van der Waals surface area contributed by atoms with Gasteiger partial charge in [0.2, 0.25) is 0 Å². The molecule has 0 saturated carbocycles. The largest absolute Gasteiger partial charge is 0.381 e. The predicted molar refractivity (Wildman–Crippen MR) is 77.7 cm³/mol. The number of anilines is 1. The molecule has 6 heteroatoms. The highest BCUT2D eigenvalue weighted by Crippen LogP contribution is 2.22. The van der Waals surface area contributed by atoms with E-state index < -0.39 is 0 Å². The zero-order valence-electron chi connectivity index (χ0n) is 11.9. The van der Waals surface area contributed by atoms with E-state index in [-0.39, 0.29) is 10.6 Å². The summed E-state index contributed by atoms with van der Waals surface area (Å²) in [5.41, 5.74) is 4.10. The van der Waals surface area contributed by atoms with Crippen LogP contribution in [-0.2, 0) is 20.0 Å². The molecule has 0 aliphatic carbocycles. The van der Waals surface area contributed by atoms with E-state index in [4.69, 9.17) is 0 Å². The maximum Gasteiger partial charge on any atom is 0.269 e. The highest BCUT2D eigenvalue weighted by Gasteiger charge is 2.09. The molecule has 2 aromatic rings. The molecule has 0 aliphatic rings. The lowest BCUT2D eigenvalue weighted by molar-refractivity contribution is -0.384. The first kappa shape index (κ1) is 14.0. The van der Waals surface area contributed by atoms with Crippen molar-refractivity contribution in [3.8, 4) is 0 Å². The van der Waals surface area contributed by atoms with Crippen LogP contribution in [0.25, 0.3) is 0 Å². The van der Waals surface area contributed by atoms with Crippen LogP contribution in [0.15, 0.2) is 24.4 Å². The quantitative estimate of drug-likeness (QED) is 0.672. The lowest BCUT2D eigenvalue weighted by atomic mass is 10.1. The normalized spacial score (nSPS) is 10.6. The highest BCUT2D eigenvalue weighted by molar-refractivity contribution is 5.55. The van der Waals surface area contributed by atoms with Crippen molar-refractivity contribution in [1.29, 1.82) is 0 Å². The Labute approximate surface area is 117 Å². The Bertz CT molecular complexity index is 634. The fourth-order valence-corrected chi connectivity index (χ4v) is 2.18. The van der Waals surface area contributed by atoms with E-state index in [0.717, 1.165) is 28.9 Å². The molecule has 0 unspecified atom stereocenters. The van der Waals surface area contributed by atoms with Crippen LogP contribution in [-0.4, -0.2) is 14.7 Å². The van der Waals surface area contributed by atoms with Gasteiger partial charge in [-0.1, -0.05) is 6.92 Å². The zero-order valence-corrected chi connectivity index (χ0v) is 11.9. The van der Waals surface area contributed by atoms with Crippen LogP contribution in [0.5, 0.6) is 0 Å². The fraction of sp³-hybridized carbons (Fsp3) is 0.357. The van der Waals surface area contributed by atoms with Gasteiger partial charge in [-0.25, -0.2) is 0 Å². The van der Waals surface area contributed by atoms with E-state index in [1.807, 2.05) is 20.2 Å². The van der Waals surface area contributed by atoms with E-state index >= 15 is 0 Å². The monoisotopic (exact) mass is 274 g/mol. The van der Waals surface area contributed by atoms with Gasteiger partial charge in [0.25, 0.3) is 5.69 Å². The third-order valence-electron chi connectivity index (χ3n) is 3.22. The smallest absolute Gasteiger partial charge is 0.269 e. The van der Waals surface area contributed by atoms with Crippen LogP contribution in [0.2, 0.25) is 0 Å². The molecule has 6 nitrogen and oxygen atoms in total. The number of aromatic nitrogens is 2. The first-order chi connectivity index (χ1) is 9.51. The summed E-state index contributed by atoms with van der Waals surface area (Å²) in [4.78, 5) is 10.3. The van der Waals surface area contributed by atoms with Gasteiger partial charge in [0.05, 0.1) is 10.6 Å². The minimum absolute atomic E-state index is 0.115. The second-order valence-corrected chi connectivity index (χ2v) is 4.74. The standard InChI is InChI=1S/C14H18N4O2/c1-4-13-11(9-17(3)16-13)8-15-14-6-5-12(18(19)20)7-10(14)2/h5-7,9,15H,4,8H2,1-3H3. The minimum Gasteiger partial charge on any atom is -0.381 e. The molecule has 0 spiro atoms. The van der Waals surface area contributed by atoms with Crippen LogP contribution >= 0.6 is 0 Å². The number of nitro groups is 1. The van der Waals surface area contributed by atoms with E-state index in [1.165, 1.54) is 6.07 Å². The second kappa shape index (κ2) is 5.73. The van der Waals surface area contributed by atoms with Crippen molar-refractivity contribution >= 4 is 11.4 Å². The molecule has 0 fully saturated rings. The van der Waals surface area contributed by atoms with E-state index in [0.29, 0.717) is 6.54 Å². The molecule has 0 amide bonds. The number of hydrogen-bond donors (Lipinski definition) is 1. The molecule has 106 valence electrons. The summed E-state index contributed by atoms with van der Waals surface area (Å²) >= 11 is 0. The average molecular weight is 274 g/mol. The SMILES string of the molecule is CCc1nn(C)cc1CNc1ccc([N+](=O)[O-])cc1C. The van der Waals surface area contributed by atoms with Crippen molar-refractivity contribution in [1.82, 2.24) is 9.78 Å². The molecule has 1 N–H and O–H groups in total. The van der Waals surface area contributed by atoms with Gasteiger partial charge in [-0.15, -0.1) is 0 Å². The molecular formula is C14H18N4O2. The Hall–Kier alpha value is -2.37. The van der Waals surface area contributed by atoms with E-state index in [1.54, 1.807) is 16.8 Å². The molecule has 20 heavy (non-hydrogen) atoms. The molecule has 1 heterocycles. The minimum atomic E-state index is -0.382. The zero-order chi connectivity index (χ0) is 14.7. The van der Waals surface area contributed by atoms with Crippen LogP contribution in [0.3, 0.4) is 0 Å². The van der Waals surface area contributed by atoms with Gasteiger partial charge in [0.1, 0.15) is 0 Å². The molecule has 0 bridgehead atoms. The molecule has 0 atom stereocenters. The van der Waals surface area contributed by atoms with Crippen molar-refractivity contribution in [2.45, 2.75) is 26.8 Å². The molecule has 0 saturated heterocycles. The maximum atomic E-state index is 10.7. The van der Waals surface area contributed by atoms with Gasteiger partial charge in [-0.2, -0.15) is 5.10 Å². The van der Waals surface area contributed by atoms with Gasteiger partial charge in [-0.3, -0.25) is 14.8 Å². The Morgan fingerprint density at radius 1 is 1.45 bits per heavy atom. The molecule has 1 aromatic carbocycles. The summed E-state index contributed by atoms with van der Waals surface area (Å²) in [6.45, 7) is 4.60. The van der Waals surface area contributed by atoms with Gasteiger partial charge in [0.15, 0.2) is 0 Å². The number of aryl methyl sites for hydroxylation is 3. The Kier molecular flexibility index (Phi) is 4.02. The number of nitrogens with zero attached hydrogens (tertiary/aromatic N) is 3. The van der Waals surface area contributed by atoms with Crippen LogP contribution in [0.4, 0.5) is 11.4 Å². The van der Waals surface area contributed by atoms with Crippen LogP contribution in [0, 0.1) is 17.0 Å². The Morgan fingerprint density at radius 2 is 2.20 bits per heavy atom. The molecular weight excluding hydrogens is 256 g/mol. The Balaban J connectivity index is 2.12. The highest BCUT2D eigenvalue weighted by atomic mass is 16.6. The molecule has 2 rings (SSSR count). The van der Waals surface area contributed by atoms with E-state index in [9.17, 15) is 10.1 Å². The topological polar surface area (TPSA) is 73.0 Å². The summed E-state index contributed by atoms with van der Waals surface area (Å²) in [5, 5.41) is 18.4. The lowest BCUT2D eigenvalue weighted by Crippen LogP contribution is -2.03. The van der Waals surface area contributed by atoms with Crippen LogP contribution in [0.1, 0.15) is 23.7 Å². The molecule has 1 aromatic heterocycles. The second-order valence-electron chi connectivity index (χ2n) is 4.74. The number of non-ortho nitro benzene ring substituents is 1. The van der Waals surface area contributed by atoms with Gasteiger partial charge < -0.3 is 5.32 Å². The third kappa shape index (κ3) is 2.96. The summed E-state index contributed by atoms with van der Waals surface area (Å²) in [5.74, 6) is 0. The predicted octanol–water partition coefficient (Wildman–Crippen LogP) is 2.81. The lowest BCUT2D eigenvalue weighted by Gasteiger charge is -2.09. The number of rotatable bonds is 5. The molecule has 0 radical (unpaired) electrons. The first-order valence-electron chi connectivity index (χ1n) is 6.51. The average Bonchev–Trinajstić information content (AvgIpc) is 2.77. The number of nitro benzene ring substituents is 1. The summed E-state index contributed by atoms with van der Waals surface area (Å²) in [6.07, 6.45) is 2.88. The van der Waals surface area contributed by atoms with Crippen molar-refractivity contribution in [2.24, 2.45) is 7.05 Å². The van der Waals surface area contributed by atoms with Crippen molar-refractivity contribution in [3.05, 3.63) is 51.3 Å². The molecule has 0 aliphatic heterocycles. The Morgan fingerprint density at radius 3 is 2.80 bits per heavy atom. The summed E-state index contributed by atoms with van der Waals surface area (Å²) in [7, 11) is 1.90. The summed E-state index contributed by atoms with van der Waals surface area (Å²) in [6, 6.07) is 4.83. The number of benzene rings is 1. The number of hydrogen-bond acceptors (Lipinski definition) is 4. The first-order valence-corrected chi connectivity index (χ1v) is 6.51. The number of nitrogens with one attached hydrogen (secondary N) is 1.